The minimum absolute atomic E-state index is 0.0433. The SMILES string of the molecule is Cn1cnn(CC(=O)N2CC[C@H](Oc3cccnc3N3CCCC3)C2)c1=O. The normalized spacial score (nSPS) is 19.7. The maximum Gasteiger partial charge on any atom is 0.345 e. The summed E-state index contributed by atoms with van der Waals surface area (Å²) in [4.78, 5) is 32.8. The second kappa shape index (κ2) is 7.42. The summed E-state index contributed by atoms with van der Waals surface area (Å²) in [5.41, 5.74) is -0.291. The molecule has 2 fully saturated rings. The number of aryl methyl sites for hydroxylation is 1. The number of pyridine rings is 1. The topological polar surface area (TPSA) is 85.5 Å². The Bertz CT molecular complexity index is 870. The number of anilines is 1. The first-order valence-electron chi connectivity index (χ1n) is 9.34. The number of nitrogens with zero attached hydrogens (tertiary/aromatic N) is 6. The molecule has 1 amide bonds. The lowest BCUT2D eigenvalue weighted by Crippen LogP contribution is -2.36. The number of hydrogen-bond acceptors (Lipinski definition) is 6. The molecule has 0 N–H and O–H groups in total. The predicted molar refractivity (Wildman–Crippen MR) is 98.8 cm³/mol. The van der Waals surface area contributed by atoms with Crippen LogP contribution >= 0.6 is 0 Å². The van der Waals surface area contributed by atoms with E-state index in [1.54, 1.807) is 18.1 Å². The largest absolute Gasteiger partial charge is 0.485 e. The van der Waals surface area contributed by atoms with Crippen LogP contribution in [0.3, 0.4) is 0 Å². The van der Waals surface area contributed by atoms with Gasteiger partial charge in [0.25, 0.3) is 0 Å². The third-order valence-electron chi connectivity index (χ3n) is 5.12. The summed E-state index contributed by atoms with van der Waals surface area (Å²) in [6, 6.07) is 3.82. The molecular weight excluding hydrogens is 348 g/mol. The van der Waals surface area contributed by atoms with E-state index in [9.17, 15) is 9.59 Å². The number of rotatable bonds is 5. The zero-order valence-corrected chi connectivity index (χ0v) is 15.5. The van der Waals surface area contributed by atoms with Gasteiger partial charge >= 0.3 is 5.69 Å². The highest BCUT2D eigenvalue weighted by molar-refractivity contribution is 5.76. The highest BCUT2D eigenvalue weighted by Gasteiger charge is 2.29. The molecule has 0 aromatic carbocycles. The smallest absolute Gasteiger partial charge is 0.345 e. The summed E-state index contributed by atoms with van der Waals surface area (Å²) >= 11 is 0. The Morgan fingerprint density at radius 1 is 1.30 bits per heavy atom. The summed E-state index contributed by atoms with van der Waals surface area (Å²) in [6.07, 6.45) is 6.24. The van der Waals surface area contributed by atoms with Gasteiger partial charge in [-0.2, -0.15) is 5.10 Å². The number of carbonyl (C=O) groups excluding carboxylic acids is 1. The van der Waals surface area contributed by atoms with Crippen LogP contribution in [0.4, 0.5) is 5.82 Å². The molecule has 2 aliphatic heterocycles. The van der Waals surface area contributed by atoms with E-state index >= 15 is 0 Å². The summed E-state index contributed by atoms with van der Waals surface area (Å²) in [5, 5.41) is 3.94. The molecule has 2 saturated heterocycles. The van der Waals surface area contributed by atoms with Crippen LogP contribution < -0.4 is 15.3 Å². The maximum absolute atomic E-state index is 12.5. The molecule has 0 spiro atoms. The fourth-order valence-electron chi connectivity index (χ4n) is 3.63. The second-order valence-corrected chi connectivity index (χ2v) is 7.07. The van der Waals surface area contributed by atoms with Gasteiger partial charge in [-0.15, -0.1) is 0 Å². The van der Waals surface area contributed by atoms with Crippen molar-refractivity contribution < 1.29 is 9.53 Å². The fraction of sp³-hybridized carbons (Fsp3) is 0.556. The minimum Gasteiger partial charge on any atom is -0.485 e. The van der Waals surface area contributed by atoms with Crippen molar-refractivity contribution in [3.05, 3.63) is 35.1 Å². The van der Waals surface area contributed by atoms with E-state index in [1.165, 1.54) is 28.4 Å². The van der Waals surface area contributed by atoms with Crippen molar-refractivity contribution in [3.63, 3.8) is 0 Å². The number of likely N-dealkylation sites (tertiary alicyclic amines) is 1. The summed E-state index contributed by atoms with van der Waals surface area (Å²) in [5.74, 6) is 1.55. The number of amides is 1. The van der Waals surface area contributed by atoms with Crippen molar-refractivity contribution in [2.75, 3.05) is 31.1 Å². The van der Waals surface area contributed by atoms with Crippen molar-refractivity contribution >= 4 is 11.7 Å². The second-order valence-electron chi connectivity index (χ2n) is 7.07. The first-order chi connectivity index (χ1) is 13.1. The molecule has 4 heterocycles. The van der Waals surface area contributed by atoms with Crippen molar-refractivity contribution in [1.29, 1.82) is 0 Å². The Labute approximate surface area is 157 Å². The molecule has 2 aromatic rings. The first kappa shape index (κ1) is 17.6. The summed E-state index contributed by atoms with van der Waals surface area (Å²) in [7, 11) is 1.61. The van der Waals surface area contributed by atoms with Crippen LogP contribution in [0.2, 0.25) is 0 Å². The van der Waals surface area contributed by atoms with Crippen molar-refractivity contribution in [3.8, 4) is 5.75 Å². The van der Waals surface area contributed by atoms with Crippen molar-refractivity contribution in [1.82, 2.24) is 24.2 Å². The van der Waals surface area contributed by atoms with E-state index in [4.69, 9.17) is 4.74 Å². The standard InChI is InChI=1S/C18H24N6O3/c1-21-13-20-24(18(21)26)12-16(25)23-10-6-14(11-23)27-15-5-4-7-19-17(15)22-8-2-3-9-22/h4-5,7,13-14H,2-3,6,8-12H2,1H3/t14-/m0/s1. The molecule has 0 unspecified atom stereocenters. The molecule has 1 atom stereocenters. The lowest BCUT2D eigenvalue weighted by molar-refractivity contribution is -0.131. The third-order valence-corrected chi connectivity index (χ3v) is 5.12. The van der Waals surface area contributed by atoms with Crippen molar-refractivity contribution in [2.24, 2.45) is 7.05 Å². The van der Waals surface area contributed by atoms with E-state index in [-0.39, 0.29) is 24.2 Å². The van der Waals surface area contributed by atoms with E-state index in [1.807, 2.05) is 12.1 Å². The van der Waals surface area contributed by atoms with Gasteiger partial charge in [0.1, 0.15) is 19.0 Å². The Kier molecular flexibility index (Phi) is 4.83. The molecule has 0 saturated carbocycles. The van der Waals surface area contributed by atoms with Crippen LogP contribution in [-0.4, -0.2) is 62.4 Å². The average molecular weight is 372 g/mol. The molecule has 27 heavy (non-hydrogen) atoms. The molecule has 0 aliphatic carbocycles. The van der Waals surface area contributed by atoms with Crippen LogP contribution in [0.1, 0.15) is 19.3 Å². The average Bonchev–Trinajstić information content (AvgIpc) is 3.41. The molecule has 9 heteroatoms. The number of ether oxygens (including phenoxy) is 1. The van der Waals surface area contributed by atoms with Gasteiger partial charge in [0.15, 0.2) is 11.6 Å². The number of aromatic nitrogens is 4. The van der Waals surface area contributed by atoms with Gasteiger partial charge in [0, 0.05) is 39.3 Å². The monoisotopic (exact) mass is 372 g/mol. The van der Waals surface area contributed by atoms with E-state index in [0.717, 1.165) is 31.1 Å². The molecule has 0 radical (unpaired) electrons. The van der Waals surface area contributed by atoms with Crippen LogP contribution in [0.25, 0.3) is 0 Å². The van der Waals surface area contributed by atoms with Gasteiger partial charge in [-0.25, -0.2) is 14.5 Å². The minimum atomic E-state index is -0.291. The zero-order chi connectivity index (χ0) is 18.8. The van der Waals surface area contributed by atoms with Crippen molar-refractivity contribution in [2.45, 2.75) is 31.9 Å². The molecule has 2 aromatic heterocycles. The summed E-state index contributed by atoms with van der Waals surface area (Å²) in [6.45, 7) is 3.08. The Balaban J connectivity index is 1.38. The molecule has 2 aliphatic rings. The van der Waals surface area contributed by atoms with E-state index < -0.39 is 0 Å². The Morgan fingerprint density at radius 3 is 2.85 bits per heavy atom. The quantitative estimate of drug-likeness (QED) is 0.748. The van der Waals surface area contributed by atoms with Gasteiger partial charge in [0.2, 0.25) is 5.91 Å². The highest BCUT2D eigenvalue weighted by atomic mass is 16.5. The Hall–Kier alpha value is -2.84. The first-order valence-corrected chi connectivity index (χ1v) is 9.34. The lowest BCUT2D eigenvalue weighted by Gasteiger charge is -2.22. The number of hydrogen-bond donors (Lipinski definition) is 0. The van der Waals surface area contributed by atoms with Gasteiger partial charge in [-0.05, 0) is 25.0 Å². The van der Waals surface area contributed by atoms with E-state index in [2.05, 4.69) is 15.0 Å². The van der Waals surface area contributed by atoms with Gasteiger partial charge in [-0.1, -0.05) is 0 Å². The molecule has 144 valence electrons. The molecule has 9 nitrogen and oxygen atoms in total. The molecule has 0 bridgehead atoms. The van der Waals surface area contributed by atoms with Crippen LogP contribution in [-0.2, 0) is 18.4 Å². The van der Waals surface area contributed by atoms with Gasteiger partial charge in [0.05, 0.1) is 6.54 Å². The van der Waals surface area contributed by atoms with Crippen LogP contribution in [0.15, 0.2) is 29.5 Å². The molecular formula is C18H24N6O3. The van der Waals surface area contributed by atoms with Gasteiger partial charge < -0.3 is 14.5 Å². The Morgan fingerprint density at radius 2 is 2.11 bits per heavy atom. The lowest BCUT2D eigenvalue weighted by atomic mass is 10.3. The third kappa shape index (κ3) is 3.67. The number of carbonyl (C=O) groups is 1. The fourth-order valence-corrected chi connectivity index (χ4v) is 3.63. The van der Waals surface area contributed by atoms with Gasteiger partial charge in [-0.3, -0.25) is 9.36 Å². The predicted octanol–water partition coefficient (Wildman–Crippen LogP) is 0.257. The zero-order valence-electron chi connectivity index (χ0n) is 15.5. The van der Waals surface area contributed by atoms with Crippen LogP contribution in [0, 0.1) is 0 Å². The molecule has 4 rings (SSSR count). The maximum atomic E-state index is 12.5. The van der Waals surface area contributed by atoms with Crippen LogP contribution in [0.5, 0.6) is 5.75 Å². The van der Waals surface area contributed by atoms with E-state index in [0.29, 0.717) is 13.1 Å². The highest BCUT2D eigenvalue weighted by Crippen LogP contribution is 2.30. The summed E-state index contributed by atoms with van der Waals surface area (Å²) < 4.78 is 8.73.